The number of alkyl carbamates (subject to hydrolysis) is 1. The zero-order valence-corrected chi connectivity index (χ0v) is 61.1. The number of aliphatic hydroxyl groups excluding tert-OH is 3. The Morgan fingerprint density at radius 3 is 2.33 bits per heavy atom. The number of H-pyrrole nitrogens is 1. The molecule has 1 saturated carbocycles. The number of carboxylic acid groups (broad SMARTS) is 2. The molecule has 1 spiro atoms. The summed E-state index contributed by atoms with van der Waals surface area (Å²) in [6, 6.07) is 11.4. The summed E-state index contributed by atoms with van der Waals surface area (Å²) in [6.45, 7) is 10.6. The number of benzene rings is 2. The highest BCUT2D eigenvalue weighted by Gasteiger charge is 2.78. The van der Waals surface area contributed by atoms with Crippen LogP contribution in [-0.2, 0) is 65.0 Å². The maximum absolute atomic E-state index is 15.3. The van der Waals surface area contributed by atoms with Crippen LogP contribution in [0.15, 0.2) is 48.6 Å². The molecule has 28 heteroatoms. The number of Topliss-reactive ketones (excluding diaryl/α,β-unsaturated/α-hetero) is 3. The maximum atomic E-state index is 15.3. The van der Waals surface area contributed by atoms with E-state index in [9.17, 15) is 69.3 Å². The summed E-state index contributed by atoms with van der Waals surface area (Å²) in [4.78, 5) is 115. The number of aromatic amines is 1. The molecule has 4 fully saturated rings. The van der Waals surface area contributed by atoms with E-state index in [4.69, 9.17) is 18.9 Å². The van der Waals surface area contributed by atoms with Crippen LogP contribution in [0.4, 0.5) is 10.5 Å². The third-order valence-corrected chi connectivity index (χ3v) is 25.2. The number of hydrogen-bond donors (Lipinski definition) is 11. The zero-order valence-electron chi connectivity index (χ0n) is 59.5. The lowest BCUT2D eigenvalue weighted by molar-refractivity contribution is -0.252. The molecule has 3 saturated heterocycles. The molecule has 1 radical (unpaired) electrons. The second-order valence-electron chi connectivity index (χ2n) is 29.4. The molecule has 10 rings (SSSR count). The molecule has 7 aliphatic rings. The van der Waals surface area contributed by atoms with E-state index in [2.05, 4.69) is 68.8 Å². The van der Waals surface area contributed by atoms with Crippen LogP contribution in [0.3, 0.4) is 0 Å². The number of carbonyl (C=O) groups is 8. The molecule has 16 atom stereocenters. The number of carboxylic acids is 2. The molecule has 11 N–H and O–H groups in total. The first-order chi connectivity index (χ1) is 48.7. The number of carbonyl (C=O) groups excluding carboxylic acids is 6. The smallest absolute Gasteiger partial charge is 0.407 e. The Labute approximate surface area is 603 Å². The van der Waals surface area contributed by atoms with E-state index in [1.165, 1.54) is 23.3 Å². The highest BCUT2D eigenvalue weighted by molar-refractivity contribution is 8.76. The Hall–Kier alpha value is -6.18. The van der Waals surface area contributed by atoms with Crippen molar-refractivity contribution in [2.75, 3.05) is 83.0 Å². The van der Waals surface area contributed by atoms with Gasteiger partial charge >= 0.3 is 18.0 Å². The maximum Gasteiger partial charge on any atom is 0.407 e. The van der Waals surface area contributed by atoms with E-state index in [1.54, 1.807) is 13.5 Å². The van der Waals surface area contributed by atoms with Crippen LogP contribution in [0.25, 0.3) is 10.9 Å². The van der Waals surface area contributed by atoms with Crippen LogP contribution in [0.5, 0.6) is 5.75 Å². The quantitative estimate of drug-likeness (QED) is 0.0147. The summed E-state index contributed by atoms with van der Waals surface area (Å²) >= 11 is 0. The SMILES string of the molecule is CC[C@]1(O)C[C@H]2CN(CCc3c([nH]c4ccccc34)[C@@](C)(c3cc4c(cc3OC)N(C)[C@H]3[C@@](O)(C(=O)CNC(=O)OCCSSC[C@@H](CC(=O)[C@@H](NC(=O)CC[CH]CC(C)=O)NC(=O)CCCCCCCCOC5C[C@@H](O)C(O)C(C(=O)O)O5)C(=O)O)[C@H](O)[C@]5(CC)C=CCN6CC[C@]43[C@@H]65)C2)C1. The summed E-state index contributed by atoms with van der Waals surface area (Å²) in [5.41, 5.74) is -0.0263. The first-order valence-corrected chi connectivity index (χ1v) is 38.7. The van der Waals surface area contributed by atoms with Gasteiger partial charge in [-0.05, 0) is 114 Å². The number of likely N-dealkylation sites (N-methyl/N-ethyl adjacent to an activating group) is 1. The minimum Gasteiger partial charge on any atom is -0.496 e. The van der Waals surface area contributed by atoms with Gasteiger partial charge in [-0.15, -0.1) is 0 Å². The molecule has 26 nitrogen and oxygen atoms in total. The number of rotatable bonds is 35. The molecule has 3 aromatic rings. The van der Waals surface area contributed by atoms with E-state index in [1.807, 2.05) is 43.2 Å². The van der Waals surface area contributed by atoms with Crippen molar-refractivity contribution in [3.8, 4) is 5.75 Å². The van der Waals surface area contributed by atoms with Gasteiger partial charge < -0.3 is 85.3 Å². The van der Waals surface area contributed by atoms with E-state index in [-0.39, 0.29) is 74.6 Å². The number of para-hydroxylation sites is 1. The van der Waals surface area contributed by atoms with E-state index in [0.29, 0.717) is 76.8 Å². The van der Waals surface area contributed by atoms with Gasteiger partial charge in [-0.2, -0.15) is 0 Å². The van der Waals surface area contributed by atoms with Gasteiger partial charge in [-0.25, -0.2) is 9.59 Å². The van der Waals surface area contributed by atoms with Gasteiger partial charge in [0.25, 0.3) is 0 Å². The van der Waals surface area contributed by atoms with Crippen LogP contribution in [-0.4, -0.2) is 236 Å². The van der Waals surface area contributed by atoms with Gasteiger partial charge in [0.05, 0.1) is 37.3 Å². The van der Waals surface area contributed by atoms with Crippen molar-refractivity contribution < 1.29 is 93.0 Å². The van der Waals surface area contributed by atoms with E-state index < -0.39 is 131 Å². The average molecular weight is 1460 g/mol. The number of hydrogen-bond acceptors (Lipinski definition) is 22. The summed E-state index contributed by atoms with van der Waals surface area (Å²) in [6.07, 6.45) is 3.37. The van der Waals surface area contributed by atoms with E-state index >= 15 is 4.79 Å². The van der Waals surface area contributed by atoms with Gasteiger partial charge in [-0.1, -0.05) is 91.5 Å². The number of piperidine rings is 1. The lowest BCUT2D eigenvalue weighted by Gasteiger charge is -2.63. The molecule has 102 heavy (non-hydrogen) atoms. The predicted molar refractivity (Wildman–Crippen MR) is 383 cm³/mol. The van der Waals surface area contributed by atoms with Crippen molar-refractivity contribution in [3.63, 3.8) is 0 Å². The highest BCUT2D eigenvalue weighted by Crippen LogP contribution is 2.68. The molecular weight excluding hydrogens is 1350 g/mol. The fourth-order valence-electron chi connectivity index (χ4n) is 17.9. The fraction of sp³-hybridized carbons (Fsp3) is 0.662. The first kappa shape index (κ1) is 78.4. The van der Waals surface area contributed by atoms with Crippen LogP contribution < -0.4 is 25.6 Å². The van der Waals surface area contributed by atoms with Gasteiger partial charge in [0.15, 0.2) is 35.7 Å². The second kappa shape index (κ2) is 33.5. The molecule has 7 heterocycles. The molecule has 4 unspecified atom stereocenters. The largest absolute Gasteiger partial charge is 0.496 e. The number of anilines is 1. The lowest BCUT2D eigenvalue weighted by atomic mass is 9.47. The van der Waals surface area contributed by atoms with Crippen LogP contribution in [0.2, 0.25) is 0 Å². The Morgan fingerprint density at radius 1 is 0.882 bits per heavy atom. The molecule has 2 bridgehead atoms. The Morgan fingerprint density at radius 2 is 1.62 bits per heavy atom. The summed E-state index contributed by atoms with van der Waals surface area (Å²) in [5, 5.41) is 86.9. The van der Waals surface area contributed by atoms with Gasteiger partial charge in [-0.3, -0.25) is 33.8 Å². The normalized spacial score (nSPS) is 30.7. The monoisotopic (exact) mass is 1460 g/mol. The number of methoxy groups -OCH3 is 1. The van der Waals surface area contributed by atoms with Crippen LogP contribution in [0, 0.1) is 23.7 Å². The Kier molecular flexibility index (Phi) is 25.8. The number of aliphatic carboxylic acids is 2. The Balaban J connectivity index is 0.752. The molecule has 2 aromatic carbocycles. The van der Waals surface area contributed by atoms with Crippen LogP contribution >= 0.6 is 21.6 Å². The molecule has 1 aromatic heterocycles. The minimum atomic E-state index is -2.45. The molecule has 3 amide bonds. The summed E-state index contributed by atoms with van der Waals surface area (Å²) in [7, 11) is 5.80. The topological polar surface area (TPSA) is 377 Å². The van der Waals surface area contributed by atoms with Crippen molar-refractivity contribution in [3.05, 3.63) is 77.4 Å². The number of nitrogens with zero attached hydrogens (tertiary/aromatic N) is 3. The number of aromatic nitrogens is 1. The number of fused-ring (bicyclic) bond motifs is 6. The standard InChI is InChI=1S/C74H104N7O19S2/c1-7-71(95)39-45-38-70(4,62-48(25-29-80(41-45)43-71)47-21-15-16-22-51(47)76-62)50-35-49-52(36-55(50)97-6)79(5)67-73(49)27-30-81-28-19-26-72(8-2,66(73)81)68(93)74(67,96)56(85)40-75-69(94)99-32-33-101-102-42-46(64(89)90)34-54(84)63(78-58(87)24-17-14-20-44(3)82)77-57(86)23-13-11-9-10-12-18-31-98-59-37-53(83)60(88)61(100-59)65(91)92/h14-16,19,21-22,26,35-36,45-46,53,59-61,63,66-68,76,83,88,93,95-96H,7-13,17-18,20,23-25,27-34,37-43H2,1-6H3,(H,75,94)(H,77,86)(H,78,87)(H,89,90)(H,91,92)/t45-,46+,53+,59?,60?,61?,63+,66-,67+,68+,70+,71-,72+,73+,74-/m0/s1. The lowest BCUT2D eigenvalue weighted by Crippen LogP contribution is -2.81. The molecule has 1 aliphatic carbocycles. The third-order valence-electron chi connectivity index (χ3n) is 22.8. The number of amides is 3. The average Bonchev–Trinajstić information content (AvgIpc) is 1.46. The number of aliphatic hydroxyl groups is 5. The number of nitrogens with one attached hydrogen (secondary N) is 4. The van der Waals surface area contributed by atoms with Crippen molar-refractivity contribution in [1.82, 2.24) is 30.7 Å². The number of ketones is 3. The van der Waals surface area contributed by atoms with Crippen molar-refractivity contribution >= 4 is 85.4 Å². The fourth-order valence-corrected chi connectivity index (χ4v) is 20.0. The Bertz CT molecular complexity index is 3580. The van der Waals surface area contributed by atoms with Crippen molar-refractivity contribution in [2.24, 2.45) is 17.3 Å². The first-order valence-electron chi connectivity index (χ1n) is 36.2. The second-order valence-corrected chi connectivity index (χ2v) is 32.1. The molecule has 561 valence electrons. The summed E-state index contributed by atoms with van der Waals surface area (Å²) in [5.74, 6) is -5.90. The highest BCUT2D eigenvalue weighted by atomic mass is 33.1. The van der Waals surface area contributed by atoms with Gasteiger partial charge in [0, 0.05) is 140 Å². The zero-order chi connectivity index (χ0) is 73.5. The number of unbranched alkanes of at least 4 members (excludes halogenated alkanes) is 6. The number of ether oxygens (including phenoxy) is 4. The van der Waals surface area contributed by atoms with Crippen LogP contribution in [0.1, 0.15) is 159 Å². The van der Waals surface area contributed by atoms with Crippen molar-refractivity contribution in [2.45, 2.75) is 214 Å². The molecular formula is C74H104N7O19S2. The molecule has 6 aliphatic heterocycles. The minimum absolute atomic E-state index is 0.00792. The van der Waals surface area contributed by atoms with Gasteiger partial charge in [0.1, 0.15) is 30.3 Å². The third kappa shape index (κ3) is 16.3. The van der Waals surface area contributed by atoms with E-state index in [0.717, 1.165) is 83.0 Å². The van der Waals surface area contributed by atoms with Gasteiger partial charge in [0.2, 0.25) is 11.8 Å². The van der Waals surface area contributed by atoms with Crippen molar-refractivity contribution in [1.29, 1.82) is 0 Å². The summed E-state index contributed by atoms with van der Waals surface area (Å²) < 4.78 is 22.8. The predicted octanol–water partition coefficient (Wildman–Crippen LogP) is 5.62.